The van der Waals surface area contributed by atoms with E-state index in [1.807, 2.05) is 0 Å². The summed E-state index contributed by atoms with van der Waals surface area (Å²) in [7, 11) is -15.4. The van der Waals surface area contributed by atoms with E-state index in [1.165, 1.54) is 36.4 Å². The van der Waals surface area contributed by atoms with Gasteiger partial charge in [0, 0.05) is 0 Å². The van der Waals surface area contributed by atoms with Crippen molar-refractivity contribution in [2.24, 2.45) is 9.49 Å². The third kappa shape index (κ3) is 10.7. The molecule has 0 atom stereocenters. The maximum atomic E-state index is 13.7. The molecular weight excluding hydrogens is 702 g/mol. The van der Waals surface area contributed by atoms with Crippen LogP contribution in [0.2, 0.25) is 0 Å². The molecule has 0 aliphatic carbocycles. The van der Waals surface area contributed by atoms with Crippen LogP contribution in [-0.4, -0.2) is 56.5 Å². The highest BCUT2D eigenvalue weighted by molar-refractivity contribution is 7.93. The highest BCUT2D eigenvalue weighted by Crippen LogP contribution is 2.59. The minimum atomic E-state index is -4.20. The lowest BCUT2D eigenvalue weighted by molar-refractivity contribution is 0.162. The first-order valence-corrected chi connectivity index (χ1v) is 21.3. The second-order valence-electron chi connectivity index (χ2n) is 9.37. The van der Waals surface area contributed by atoms with E-state index < -0.39 is 35.5 Å². The standard InChI is InChI=1S/C30H44N4O10P2S2/c1-7-39-45(40-8-2,41-9-3)31-27-23-30(34-48(37,38)26-21-17-14-18-22-26)28(32-46(42-10-4,43-11-5)44-12-6)24-29(27)33-47(35,36)25-19-15-13-16-20-25/h13-24,33-34H,7-12H2,1-6H3. The Bertz CT molecular complexity index is 1630. The van der Waals surface area contributed by atoms with Crippen molar-refractivity contribution >= 4 is 58.3 Å². The summed E-state index contributed by atoms with van der Waals surface area (Å²) in [5.74, 6) is 0. The number of rotatable bonds is 20. The summed E-state index contributed by atoms with van der Waals surface area (Å²) in [5, 5.41) is 0. The fraction of sp³-hybridized carbons (Fsp3) is 0.400. The maximum absolute atomic E-state index is 13.7. The van der Waals surface area contributed by atoms with Crippen molar-refractivity contribution in [1.82, 2.24) is 0 Å². The molecule has 0 aliphatic heterocycles. The van der Waals surface area contributed by atoms with E-state index in [4.69, 9.17) is 36.6 Å². The van der Waals surface area contributed by atoms with Crippen molar-refractivity contribution in [3.05, 3.63) is 72.8 Å². The fourth-order valence-electron chi connectivity index (χ4n) is 4.15. The average molecular weight is 747 g/mol. The van der Waals surface area contributed by atoms with Gasteiger partial charge in [0.05, 0.1) is 72.2 Å². The molecule has 3 aromatic carbocycles. The van der Waals surface area contributed by atoms with Crippen LogP contribution in [0.5, 0.6) is 0 Å². The molecule has 0 saturated heterocycles. The van der Waals surface area contributed by atoms with Gasteiger partial charge in [-0.15, -0.1) is 0 Å². The molecule has 0 saturated carbocycles. The first-order valence-electron chi connectivity index (χ1n) is 15.4. The zero-order valence-electron chi connectivity index (χ0n) is 27.9. The van der Waals surface area contributed by atoms with Crippen LogP contribution >= 0.6 is 15.5 Å². The Hall–Kier alpha value is -2.62. The second-order valence-corrected chi connectivity index (χ2v) is 16.6. The van der Waals surface area contributed by atoms with E-state index in [-0.39, 0.29) is 72.2 Å². The SMILES string of the molecule is CCOP(=Nc1cc(NS(=O)(=O)c2ccccc2)c(N=P(OCC)(OCC)OCC)cc1NS(=O)(=O)c1ccccc1)(OCC)OCC. The van der Waals surface area contributed by atoms with Gasteiger partial charge in [0.15, 0.2) is 0 Å². The third-order valence-corrected chi connectivity index (χ3v) is 13.1. The van der Waals surface area contributed by atoms with Crippen LogP contribution in [0.15, 0.2) is 92.1 Å². The summed E-state index contributed by atoms with van der Waals surface area (Å²) in [6, 6.07) is 18.1. The molecular formula is C30H44N4O10P2S2. The normalized spacial score (nSPS) is 12.5. The number of benzene rings is 3. The molecule has 0 unspecified atom stereocenters. The molecule has 14 nitrogen and oxygen atoms in total. The highest BCUT2D eigenvalue weighted by atomic mass is 32.2. The maximum Gasteiger partial charge on any atom is 0.360 e. The molecule has 0 aliphatic rings. The Labute approximate surface area is 284 Å². The molecule has 2 N–H and O–H groups in total. The fourth-order valence-corrected chi connectivity index (χ4v) is 9.93. The van der Waals surface area contributed by atoms with Crippen molar-refractivity contribution in [1.29, 1.82) is 0 Å². The predicted octanol–water partition coefficient (Wildman–Crippen LogP) is 8.66. The number of nitrogens with one attached hydrogen (secondary N) is 2. The van der Waals surface area contributed by atoms with Crippen molar-refractivity contribution in [2.45, 2.75) is 51.3 Å². The van der Waals surface area contributed by atoms with Crippen LogP contribution in [-0.2, 0) is 47.2 Å². The van der Waals surface area contributed by atoms with Crippen LogP contribution in [0.3, 0.4) is 0 Å². The molecule has 0 heterocycles. The second kappa shape index (κ2) is 18.4. The van der Waals surface area contributed by atoms with Gasteiger partial charge in [0.2, 0.25) is 0 Å². The van der Waals surface area contributed by atoms with Crippen molar-refractivity contribution in [2.75, 3.05) is 49.1 Å². The summed E-state index contributed by atoms with van der Waals surface area (Å²) < 4.78 is 105. The van der Waals surface area contributed by atoms with Gasteiger partial charge >= 0.3 is 15.5 Å². The molecule has 266 valence electrons. The van der Waals surface area contributed by atoms with Crippen LogP contribution in [0.1, 0.15) is 41.5 Å². The Morgan fingerprint density at radius 2 is 0.771 bits per heavy atom. The van der Waals surface area contributed by atoms with Crippen LogP contribution < -0.4 is 9.44 Å². The Morgan fingerprint density at radius 3 is 1.02 bits per heavy atom. The molecule has 0 aromatic heterocycles. The van der Waals surface area contributed by atoms with Crippen molar-refractivity contribution < 1.29 is 44.0 Å². The summed E-state index contributed by atoms with van der Waals surface area (Å²) in [6.45, 7) is 11.4. The molecule has 0 spiro atoms. The molecule has 0 bridgehead atoms. The number of hydrogen-bond donors (Lipinski definition) is 2. The minimum absolute atomic E-state index is 0.0245. The average Bonchev–Trinajstić information content (AvgIpc) is 3.04. The molecule has 0 radical (unpaired) electrons. The van der Waals surface area contributed by atoms with E-state index in [9.17, 15) is 16.8 Å². The summed E-state index contributed by atoms with van der Waals surface area (Å²) in [5.41, 5.74) is -0.246. The molecule has 3 rings (SSSR count). The lowest BCUT2D eigenvalue weighted by atomic mass is 10.2. The molecule has 18 heteroatoms. The Balaban J connectivity index is 2.49. The lowest BCUT2D eigenvalue weighted by Gasteiger charge is -2.24. The van der Waals surface area contributed by atoms with Gasteiger partial charge in [-0.3, -0.25) is 9.44 Å². The van der Waals surface area contributed by atoms with E-state index in [2.05, 4.69) is 9.44 Å². The largest absolute Gasteiger partial charge is 0.360 e. The van der Waals surface area contributed by atoms with Gasteiger partial charge in [-0.05, 0) is 77.9 Å². The quantitative estimate of drug-likeness (QED) is 0.107. The number of hydrogen-bond acceptors (Lipinski definition) is 12. The zero-order valence-corrected chi connectivity index (χ0v) is 31.3. The van der Waals surface area contributed by atoms with Crippen LogP contribution in [0.25, 0.3) is 0 Å². The third-order valence-electron chi connectivity index (χ3n) is 5.92. The monoisotopic (exact) mass is 746 g/mol. The van der Waals surface area contributed by atoms with Gasteiger partial charge in [-0.1, -0.05) is 36.4 Å². The predicted molar refractivity (Wildman–Crippen MR) is 189 cm³/mol. The van der Waals surface area contributed by atoms with E-state index in [0.29, 0.717) is 0 Å². The molecule has 0 fully saturated rings. The summed E-state index contributed by atoms with van der Waals surface area (Å²) >= 11 is 0. The molecule has 48 heavy (non-hydrogen) atoms. The van der Waals surface area contributed by atoms with Gasteiger partial charge in [0.25, 0.3) is 20.0 Å². The first kappa shape index (κ1) is 39.8. The van der Waals surface area contributed by atoms with Crippen molar-refractivity contribution in [3.63, 3.8) is 0 Å². The summed E-state index contributed by atoms with van der Waals surface area (Å²) in [4.78, 5) is -0.0489. The number of sulfonamides is 2. The minimum Gasteiger partial charge on any atom is -0.303 e. The lowest BCUT2D eigenvalue weighted by Crippen LogP contribution is -2.15. The van der Waals surface area contributed by atoms with Gasteiger partial charge in [-0.2, -0.15) is 9.49 Å². The van der Waals surface area contributed by atoms with Crippen LogP contribution in [0.4, 0.5) is 22.7 Å². The van der Waals surface area contributed by atoms with Crippen LogP contribution in [0, 0.1) is 0 Å². The first-order chi connectivity index (χ1) is 22.9. The van der Waals surface area contributed by atoms with Gasteiger partial charge < -0.3 is 27.1 Å². The smallest absolute Gasteiger partial charge is 0.303 e. The summed E-state index contributed by atoms with van der Waals surface area (Å²) in [6.07, 6.45) is 0. The molecule has 3 aromatic rings. The Morgan fingerprint density at radius 1 is 0.500 bits per heavy atom. The number of anilines is 2. The highest BCUT2D eigenvalue weighted by Gasteiger charge is 2.29. The Kier molecular flexibility index (Phi) is 15.3. The van der Waals surface area contributed by atoms with Crippen molar-refractivity contribution in [3.8, 4) is 0 Å². The number of nitrogens with zero attached hydrogens (tertiary/aromatic N) is 2. The van der Waals surface area contributed by atoms with E-state index in [0.717, 1.165) is 0 Å². The molecule has 0 amide bonds. The van der Waals surface area contributed by atoms with Gasteiger partial charge in [0.1, 0.15) is 0 Å². The van der Waals surface area contributed by atoms with E-state index >= 15 is 0 Å². The zero-order chi connectivity index (χ0) is 35.3. The van der Waals surface area contributed by atoms with E-state index in [1.54, 1.807) is 77.9 Å². The topological polar surface area (TPSA) is 172 Å². The van der Waals surface area contributed by atoms with Gasteiger partial charge in [-0.25, -0.2) is 16.8 Å².